The highest BCUT2D eigenvalue weighted by atomic mass is 16.5. The van der Waals surface area contributed by atoms with Crippen LogP contribution in [0.15, 0.2) is 24.3 Å². The summed E-state index contributed by atoms with van der Waals surface area (Å²) in [6, 6.07) is 6.68. The fourth-order valence-corrected chi connectivity index (χ4v) is 1.64. The Bertz CT molecular complexity index is 395. The van der Waals surface area contributed by atoms with Crippen molar-refractivity contribution >= 4 is 5.97 Å². The van der Waals surface area contributed by atoms with Crippen LogP contribution in [-0.2, 0) is 4.74 Å². The van der Waals surface area contributed by atoms with Crippen LogP contribution < -0.4 is 4.74 Å². The Morgan fingerprint density at radius 1 is 1.26 bits per heavy atom. The monoisotopic (exact) mass is 267 g/mol. The van der Waals surface area contributed by atoms with Crippen LogP contribution in [0.25, 0.3) is 0 Å². The number of para-hydroxylation sites is 1. The number of rotatable bonds is 9. The Kier molecular flexibility index (Phi) is 6.92. The number of carboxylic acid groups (broad SMARTS) is 1. The summed E-state index contributed by atoms with van der Waals surface area (Å²) in [4.78, 5) is 13.1. The summed E-state index contributed by atoms with van der Waals surface area (Å²) in [7, 11) is 3.70. The molecule has 0 aliphatic rings. The first-order valence-corrected chi connectivity index (χ1v) is 6.27. The van der Waals surface area contributed by atoms with Crippen LogP contribution in [-0.4, -0.2) is 56.4 Å². The summed E-state index contributed by atoms with van der Waals surface area (Å²) in [6.45, 7) is 2.97. The molecule has 0 aliphatic heterocycles. The van der Waals surface area contributed by atoms with E-state index in [2.05, 4.69) is 4.90 Å². The summed E-state index contributed by atoms with van der Waals surface area (Å²) in [6.07, 6.45) is 0.841. The van der Waals surface area contributed by atoms with Gasteiger partial charge in [-0.05, 0) is 25.6 Å². The molecule has 0 bridgehead atoms. The molecule has 0 unspecified atom stereocenters. The number of benzene rings is 1. The normalized spacial score (nSPS) is 10.7. The van der Waals surface area contributed by atoms with Crippen molar-refractivity contribution in [2.24, 2.45) is 0 Å². The first-order chi connectivity index (χ1) is 9.15. The van der Waals surface area contributed by atoms with Crippen LogP contribution in [0.1, 0.15) is 16.8 Å². The minimum atomic E-state index is -0.965. The minimum Gasteiger partial charge on any atom is -0.493 e. The van der Waals surface area contributed by atoms with Crippen molar-refractivity contribution in [3.8, 4) is 5.75 Å². The molecule has 0 atom stereocenters. The van der Waals surface area contributed by atoms with E-state index in [4.69, 9.17) is 14.6 Å². The first-order valence-electron chi connectivity index (χ1n) is 6.27. The van der Waals surface area contributed by atoms with Crippen molar-refractivity contribution in [2.45, 2.75) is 6.42 Å². The highest BCUT2D eigenvalue weighted by Crippen LogP contribution is 2.17. The quantitative estimate of drug-likeness (QED) is 0.690. The average Bonchev–Trinajstić information content (AvgIpc) is 2.41. The van der Waals surface area contributed by atoms with Crippen LogP contribution in [0.5, 0.6) is 5.75 Å². The van der Waals surface area contributed by atoms with Crippen LogP contribution in [0, 0.1) is 0 Å². The third-order valence-electron chi connectivity index (χ3n) is 2.74. The van der Waals surface area contributed by atoms with Crippen molar-refractivity contribution in [3.05, 3.63) is 29.8 Å². The van der Waals surface area contributed by atoms with Crippen LogP contribution >= 0.6 is 0 Å². The van der Waals surface area contributed by atoms with E-state index in [-0.39, 0.29) is 5.56 Å². The Labute approximate surface area is 113 Å². The molecule has 0 radical (unpaired) electrons. The largest absolute Gasteiger partial charge is 0.493 e. The van der Waals surface area contributed by atoms with Crippen LogP contribution in [0.3, 0.4) is 0 Å². The number of nitrogens with zero attached hydrogens (tertiary/aromatic N) is 1. The lowest BCUT2D eigenvalue weighted by Gasteiger charge is -2.16. The lowest BCUT2D eigenvalue weighted by atomic mass is 10.2. The molecule has 1 N–H and O–H groups in total. The second-order valence-corrected chi connectivity index (χ2v) is 4.30. The number of hydrogen-bond donors (Lipinski definition) is 1. The van der Waals surface area contributed by atoms with Crippen molar-refractivity contribution in [1.29, 1.82) is 0 Å². The van der Waals surface area contributed by atoms with Gasteiger partial charge in [0.05, 0.1) is 13.2 Å². The smallest absolute Gasteiger partial charge is 0.339 e. The first kappa shape index (κ1) is 15.5. The highest BCUT2D eigenvalue weighted by Gasteiger charge is 2.09. The van der Waals surface area contributed by atoms with E-state index in [1.165, 1.54) is 0 Å². The topological polar surface area (TPSA) is 59.0 Å². The van der Waals surface area contributed by atoms with Gasteiger partial charge in [-0.25, -0.2) is 4.79 Å². The molecule has 0 saturated carbocycles. The third kappa shape index (κ3) is 5.72. The molecule has 0 saturated heterocycles. The summed E-state index contributed by atoms with van der Waals surface area (Å²) in [5.74, 6) is -0.539. The highest BCUT2D eigenvalue weighted by molar-refractivity contribution is 5.90. The predicted molar refractivity (Wildman–Crippen MR) is 72.9 cm³/mol. The van der Waals surface area contributed by atoms with Crippen molar-refractivity contribution in [2.75, 3.05) is 40.5 Å². The van der Waals surface area contributed by atoms with E-state index in [9.17, 15) is 4.79 Å². The molecule has 1 aromatic rings. The number of aromatic carboxylic acids is 1. The Hall–Kier alpha value is -1.59. The van der Waals surface area contributed by atoms with Gasteiger partial charge in [0.15, 0.2) is 0 Å². The van der Waals surface area contributed by atoms with Gasteiger partial charge in [0.2, 0.25) is 0 Å². The van der Waals surface area contributed by atoms with E-state index in [0.29, 0.717) is 19.0 Å². The number of carbonyl (C=O) groups is 1. The summed E-state index contributed by atoms with van der Waals surface area (Å²) < 4.78 is 10.5. The second kappa shape index (κ2) is 8.50. The van der Waals surface area contributed by atoms with Gasteiger partial charge in [-0.15, -0.1) is 0 Å². The van der Waals surface area contributed by atoms with E-state index in [1.807, 2.05) is 7.05 Å². The maximum absolute atomic E-state index is 11.0. The fraction of sp³-hybridized carbons (Fsp3) is 0.500. The second-order valence-electron chi connectivity index (χ2n) is 4.30. The zero-order chi connectivity index (χ0) is 14.1. The van der Waals surface area contributed by atoms with Crippen LogP contribution in [0.2, 0.25) is 0 Å². The fourth-order valence-electron chi connectivity index (χ4n) is 1.64. The van der Waals surface area contributed by atoms with Gasteiger partial charge in [-0.1, -0.05) is 12.1 Å². The van der Waals surface area contributed by atoms with Crippen molar-refractivity contribution in [3.63, 3.8) is 0 Å². The van der Waals surface area contributed by atoms with E-state index in [0.717, 1.165) is 19.5 Å². The average molecular weight is 267 g/mol. The summed E-state index contributed by atoms with van der Waals surface area (Å²) in [5, 5.41) is 9.01. The molecule has 0 amide bonds. The molecule has 1 aromatic carbocycles. The Morgan fingerprint density at radius 2 is 2.00 bits per heavy atom. The van der Waals surface area contributed by atoms with Crippen LogP contribution in [0.4, 0.5) is 0 Å². The van der Waals surface area contributed by atoms with Gasteiger partial charge >= 0.3 is 5.97 Å². The van der Waals surface area contributed by atoms with Gasteiger partial charge < -0.3 is 19.5 Å². The number of methoxy groups -OCH3 is 1. The van der Waals surface area contributed by atoms with E-state index in [1.54, 1.807) is 31.4 Å². The number of likely N-dealkylation sites (N-methyl/N-ethyl adjacent to an activating group) is 1. The molecule has 0 spiro atoms. The number of carboxylic acids is 1. The van der Waals surface area contributed by atoms with Gasteiger partial charge in [-0.3, -0.25) is 0 Å². The molecule has 0 fully saturated rings. The molecule has 0 aromatic heterocycles. The summed E-state index contributed by atoms with van der Waals surface area (Å²) >= 11 is 0. The van der Waals surface area contributed by atoms with Gasteiger partial charge in [0, 0.05) is 20.2 Å². The number of ether oxygens (including phenoxy) is 2. The molecule has 0 heterocycles. The third-order valence-corrected chi connectivity index (χ3v) is 2.74. The van der Waals surface area contributed by atoms with Crippen molar-refractivity contribution < 1.29 is 19.4 Å². The van der Waals surface area contributed by atoms with Gasteiger partial charge in [0.25, 0.3) is 0 Å². The maximum Gasteiger partial charge on any atom is 0.339 e. The minimum absolute atomic E-state index is 0.204. The summed E-state index contributed by atoms with van der Waals surface area (Å²) in [5.41, 5.74) is 0.204. The van der Waals surface area contributed by atoms with E-state index >= 15 is 0 Å². The molecule has 19 heavy (non-hydrogen) atoms. The van der Waals surface area contributed by atoms with Gasteiger partial charge in [0.1, 0.15) is 11.3 Å². The Morgan fingerprint density at radius 3 is 2.68 bits per heavy atom. The molecular weight excluding hydrogens is 246 g/mol. The zero-order valence-electron chi connectivity index (χ0n) is 11.5. The molecule has 106 valence electrons. The van der Waals surface area contributed by atoms with Crippen molar-refractivity contribution in [1.82, 2.24) is 4.90 Å². The maximum atomic E-state index is 11.0. The molecule has 5 heteroatoms. The lowest BCUT2D eigenvalue weighted by Crippen LogP contribution is -2.25. The lowest BCUT2D eigenvalue weighted by molar-refractivity contribution is 0.0692. The standard InChI is InChI=1S/C14H21NO4/c1-15(9-11-18-2)8-5-10-19-13-7-4-3-6-12(13)14(16)17/h3-4,6-7H,5,8-11H2,1-2H3,(H,16,17). The molecular formula is C14H21NO4. The molecule has 5 nitrogen and oxygen atoms in total. The molecule has 1 rings (SSSR count). The number of hydrogen-bond acceptors (Lipinski definition) is 4. The SMILES string of the molecule is COCCN(C)CCCOc1ccccc1C(=O)O. The zero-order valence-corrected chi connectivity index (χ0v) is 11.5. The van der Waals surface area contributed by atoms with E-state index < -0.39 is 5.97 Å². The molecule has 0 aliphatic carbocycles. The van der Waals surface area contributed by atoms with Gasteiger partial charge in [-0.2, -0.15) is 0 Å². The predicted octanol–water partition coefficient (Wildman–Crippen LogP) is 1.73. The Balaban J connectivity index is 2.31.